The number of carbonyl (C=O) groups is 2. The second-order valence-electron chi connectivity index (χ2n) is 7.85. The molecule has 0 aromatic carbocycles. The molecule has 14 heteroatoms. The Hall–Kier alpha value is -4.33. The number of pyridine rings is 1. The number of anilines is 1. The first-order valence-corrected chi connectivity index (χ1v) is 11.3. The van der Waals surface area contributed by atoms with E-state index in [1.54, 1.807) is 9.58 Å². The van der Waals surface area contributed by atoms with Gasteiger partial charge < -0.3 is 10.2 Å². The quantitative estimate of drug-likeness (QED) is 0.252. The Balaban J connectivity index is 1.57. The fourth-order valence-corrected chi connectivity index (χ4v) is 4.59. The van der Waals surface area contributed by atoms with Gasteiger partial charge in [-0.2, -0.15) is 9.49 Å². The van der Waals surface area contributed by atoms with Gasteiger partial charge in [0.1, 0.15) is 5.82 Å². The van der Waals surface area contributed by atoms with Crippen LogP contribution < -0.4 is 5.32 Å². The molecule has 5 heterocycles. The topological polar surface area (TPSA) is 149 Å². The second-order valence-corrected chi connectivity index (χ2v) is 8.91. The summed E-state index contributed by atoms with van der Waals surface area (Å²) in [5.41, 5.74) is 0.835. The largest absolute Gasteiger partial charge is 0.341 e. The van der Waals surface area contributed by atoms with E-state index < -0.39 is 16.8 Å². The average molecular weight is 496 g/mol. The molecule has 178 valence electrons. The van der Waals surface area contributed by atoms with Crippen molar-refractivity contribution < 1.29 is 18.9 Å². The number of amides is 2. The minimum Gasteiger partial charge on any atom is -0.341 e. The summed E-state index contributed by atoms with van der Waals surface area (Å²) in [5, 5.41) is 18.4. The lowest BCUT2D eigenvalue weighted by Crippen LogP contribution is -2.26. The third-order valence-electron chi connectivity index (χ3n) is 5.62. The van der Waals surface area contributed by atoms with Gasteiger partial charge in [-0.15, -0.1) is 0 Å². The van der Waals surface area contributed by atoms with Crippen molar-refractivity contribution >= 4 is 45.0 Å². The Bertz CT molecular complexity index is 1470. The van der Waals surface area contributed by atoms with Crippen LogP contribution in [-0.4, -0.2) is 59.5 Å². The molecule has 0 spiro atoms. The van der Waals surface area contributed by atoms with Crippen LogP contribution in [0.25, 0.3) is 22.4 Å². The van der Waals surface area contributed by atoms with Gasteiger partial charge in [-0.25, -0.2) is 19.6 Å². The standard InChI is InChI=1S/C21H17FN8O4S/c1-11(31)28-7-6-13(10-28)29-20-14(9-24-29)19(25-18(26-20)12-2-4-16(22)23-8-12)27-21(32)15-3-5-17(35-15)30(33)34/h2-5,8-9,13H,6-7,10H2,1H3,(H,25,26,27,32). The van der Waals surface area contributed by atoms with E-state index in [2.05, 4.69) is 25.4 Å². The van der Waals surface area contributed by atoms with E-state index in [1.165, 1.54) is 43.6 Å². The summed E-state index contributed by atoms with van der Waals surface area (Å²) in [7, 11) is 0. The zero-order valence-electron chi connectivity index (χ0n) is 18.2. The van der Waals surface area contributed by atoms with Gasteiger partial charge in [-0.3, -0.25) is 19.7 Å². The lowest BCUT2D eigenvalue weighted by atomic mass is 10.2. The van der Waals surface area contributed by atoms with Gasteiger partial charge in [-0.05, 0) is 24.6 Å². The molecule has 0 bridgehead atoms. The highest BCUT2D eigenvalue weighted by atomic mass is 32.1. The molecule has 1 aliphatic rings. The van der Waals surface area contributed by atoms with Crippen LogP contribution in [-0.2, 0) is 4.79 Å². The van der Waals surface area contributed by atoms with Crippen LogP contribution in [0.5, 0.6) is 0 Å². The van der Waals surface area contributed by atoms with Crippen molar-refractivity contribution in [3.05, 3.63) is 57.6 Å². The van der Waals surface area contributed by atoms with Crippen LogP contribution in [0.3, 0.4) is 0 Å². The van der Waals surface area contributed by atoms with Crippen molar-refractivity contribution in [2.24, 2.45) is 0 Å². The maximum Gasteiger partial charge on any atom is 0.324 e. The van der Waals surface area contributed by atoms with Crippen molar-refractivity contribution in [1.29, 1.82) is 0 Å². The molecular formula is C21H17FN8O4S. The number of nitrogens with zero attached hydrogens (tertiary/aromatic N) is 7. The highest BCUT2D eigenvalue weighted by molar-refractivity contribution is 7.17. The minimum absolute atomic E-state index is 0.0327. The molecule has 35 heavy (non-hydrogen) atoms. The van der Waals surface area contributed by atoms with Gasteiger partial charge in [0, 0.05) is 37.8 Å². The van der Waals surface area contributed by atoms with Crippen LogP contribution in [0.4, 0.5) is 15.2 Å². The highest BCUT2D eigenvalue weighted by Gasteiger charge is 2.29. The third kappa shape index (κ3) is 4.30. The number of hydrogen-bond acceptors (Lipinski definition) is 9. The molecule has 0 aliphatic carbocycles. The molecule has 5 rings (SSSR count). The van der Waals surface area contributed by atoms with E-state index in [0.717, 1.165) is 11.3 Å². The van der Waals surface area contributed by atoms with Crippen LogP contribution in [0.1, 0.15) is 29.1 Å². The van der Waals surface area contributed by atoms with Gasteiger partial charge >= 0.3 is 5.00 Å². The highest BCUT2D eigenvalue weighted by Crippen LogP contribution is 2.31. The summed E-state index contributed by atoms with van der Waals surface area (Å²) >= 11 is 0.740. The molecule has 4 aromatic rings. The Kier molecular flexibility index (Phi) is 5.64. The average Bonchev–Trinajstić information content (AvgIpc) is 3.58. The number of rotatable bonds is 5. The van der Waals surface area contributed by atoms with Crippen molar-refractivity contribution in [3.8, 4) is 11.4 Å². The number of hydrogen-bond donors (Lipinski definition) is 1. The Morgan fingerprint density at radius 3 is 2.71 bits per heavy atom. The summed E-state index contributed by atoms with van der Waals surface area (Å²) in [4.78, 5) is 49.6. The maximum atomic E-state index is 13.4. The zero-order valence-corrected chi connectivity index (χ0v) is 19.0. The van der Waals surface area contributed by atoms with Crippen LogP contribution in [0, 0.1) is 16.1 Å². The number of fused-ring (bicyclic) bond motifs is 1. The first kappa shape index (κ1) is 22.5. The Labute approximate surface area is 200 Å². The molecular weight excluding hydrogens is 479 g/mol. The van der Waals surface area contributed by atoms with Gasteiger partial charge in [0.05, 0.1) is 27.4 Å². The molecule has 1 atom stereocenters. The number of nitro groups is 1. The number of thiophene rings is 1. The molecule has 1 saturated heterocycles. The summed E-state index contributed by atoms with van der Waals surface area (Å²) in [6.45, 7) is 2.56. The number of carbonyl (C=O) groups excluding carboxylic acids is 2. The lowest BCUT2D eigenvalue weighted by molar-refractivity contribution is -0.380. The molecule has 1 N–H and O–H groups in total. The molecule has 2 amide bonds. The normalized spacial score (nSPS) is 15.5. The molecule has 1 fully saturated rings. The first-order valence-electron chi connectivity index (χ1n) is 10.5. The van der Waals surface area contributed by atoms with E-state index in [1.807, 2.05) is 0 Å². The summed E-state index contributed by atoms with van der Waals surface area (Å²) in [6.07, 6.45) is 3.47. The predicted octanol–water partition coefficient (Wildman–Crippen LogP) is 3.04. The molecule has 4 aromatic heterocycles. The molecule has 0 radical (unpaired) electrons. The number of nitrogens with one attached hydrogen (secondary N) is 1. The van der Waals surface area contributed by atoms with Gasteiger partial charge in [-0.1, -0.05) is 11.3 Å². The van der Waals surface area contributed by atoms with Gasteiger partial charge in [0.25, 0.3) is 5.91 Å². The number of aromatic nitrogens is 5. The Morgan fingerprint density at radius 1 is 1.23 bits per heavy atom. The fraction of sp³-hybridized carbons (Fsp3) is 0.238. The SMILES string of the molecule is CC(=O)N1CCC(n2ncc3c(NC(=O)c4ccc([N+](=O)[O-])s4)nc(-c4ccc(F)nc4)nc32)C1. The van der Waals surface area contributed by atoms with Gasteiger partial charge in [0.15, 0.2) is 11.5 Å². The number of likely N-dealkylation sites (tertiary alicyclic amines) is 1. The smallest absolute Gasteiger partial charge is 0.324 e. The van der Waals surface area contributed by atoms with E-state index in [9.17, 15) is 24.1 Å². The van der Waals surface area contributed by atoms with E-state index in [-0.39, 0.29) is 33.5 Å². The molecule has 0 saturated carbocycles. The van der Waals surface area contributed by atoms with Crippen molar-refractivity contribution in [2.45, 2.75) is 19.4 Å². The van der Waals surface area contributed by atoms with E-state index >= 15 is 0 Å². The second kappa shape index (κ2) is 8.79. The van der Waals surface area contributed by atoms with Crippen molar-refractivity contribution in [3.63, 3.8) is 0 Å². The lowest BCUT2D eigenvalue weighted by Gasteiger charge is -2.15. The Morgan fingerprint density at radius 2 is 2.06 bits per heavy atom. The molecule has 1 aliphatic heterocycles. The van der Waals surface area contributed by atoms with Gasteiger partial charge in [0.2, 0.25) is 11.9 Å². The van der Waals surface area contributed by atoms with E-state index in [4.69, 9.17) is 0 Å². The summed E-state index contributed by atoms with van der Waals surface area (Å²) in [6, 6.07) is 5.12. The molecule has 12 nitrogen and oxygen atoms in total. The zero-order chi connectivity index (χ0) is 24.7. The van der Waals surface area contributed by atoms with Crippen molar-refractivity contribution in [2.75, 3.05) is 18.4 Å². The van der Waals surface area contributed by atoms with Crippen molar-refractivity contribution in [1.82, 2.24) is 29.6 Å². The monoisotopic (exact) mass is 496 g/mol. The fourth-order valence-electron chi connectivity index (χ4n) is 3.87. The van der Waals surface area contributed by atoms with Crippen LogP contribution in [0.15, 0.2) is 36.7 Å². The van der Waals surface area contributed by atoms with Crippen LogP contribution in [0.2, 0.25) is 0 Å². The summed E-state index contributed by atoms with van der Waals surface area (Å²) in [5.74, 6) is -0.955. The third-order valence-corrected chi connectivity index (χ3v) is 6.66. The first-order chi connectivity index (χ1) is 16.8. The maximum absolute atomic E-state index is 13.4. The number of halogens is 1. The van der Waals surface area contributed by atoms with Crippen LogP contribution >= 0.6 is 11.3 Å². The summed E-state index contributed by atoms with van der Waals surface area (Å²) < 4.78 is 15.1. The minimum atomic E-state index is -0.664. The predicted molar refractivity (Wildman–Crippen MR) is 123 cm³/mol. The molecule has 1 unspecified atom stereocenters. The van der Waals surface area contributed by atoms with E-state index in [0.29, 0.717) is 36.1 Å².